The average molecular weight is 284 g/mol. The standard InChI is InChI=1S/C16H20N4O/c21-16(18-13-6-2-1-3-7-13)19-14-8-4-5-12(11-14)15-9-10-17-20-15/h4-5,8-11,13H,1-3,6-7H2,(H,17,20)(H2,18,19,21). The molecule has 1 heterocycles. The predicted molar refractivity (Wildman–Crippen MR) is 83.1 cm³/mol. The molecule has 0 radical (unpaired) electrons. The Morgan fingerprint density at radius 2 is 2.05 bits per heavy atom. The van der Waals surface area contributed by atoms with Crippen molar-refractivity contribution < 1.29 is 4.79 Å². The van der Waals surface area contributed by atoms with Crippen molar-refractivity contribution in [3.8, 4) is 11.3 Å². The van der Waals surface area contributed by atoms with Crippen molar-refractivity contribution in [1.29, 1.82) is 0 Å². The molecule has 0 atom stereocenters. The lowest BCUT2D eigenvalue weighted by atomic mass is 9.96. The molecule has 1 saturated carbocycles. The molecular weight excluding hydrogens is 264 g/mol. The van der Waals surface area contributed by atoms with Crippen LogP contribution in [0.1, 0.15) is 32.1 Å². The van der Waals surface area contributed by atoms with Gasteiger partial charge >= 0.3 is 6.03 Å². The van der Waals surface area contributed by atoms with E-state index in [9.17, 15) is 4.79 Å². The first-order chi connectivity index (χ1) is 10.3. The Hall–Kier alpha value is -2.30. The summed E-state index contributed by atoms with van der Waals surface area (Å²) in [7, 11) is 0. The third kappa shape index (κ3) is 3.62. The maximum atomic E-state index is 12.0. The number of nitrogens with zero attached hydrogens (tertiary/aromatic N) is 1. The Kier molecular flexibility index (Phi) is 4.19. The van der Waals surface area contributed by atoms with Gasteiger partial charge in [0.05, 0.1) is 5.69 Å². The van der Waals surface area contributed by atoms with E-state index in [1.165, 1.54) is 19.3 Å². The lowest BCUT2D eigenvalue weighted by Gasteiger charge is -2.22. The SMILES string of the molecule is O=C(Nc1cccc(-c2ccn[nH]2)c1)NC1CCCCC1. The number of H-pyrrole nitrogens is 1. The lowest BCUT2D eigenvalue weighted by molar-refractivity contribution is 0.244. The summed E-state index contributed by atoms with van der Waals surface area (Å²) in [5.41, 5.74) is 2.73. The van der Waals surface area contributed by atoms with Gasteiger partial charge in [0.25, 0.3) is 0 Å². The van der Waals surface area contributed by atoms with Gasteiger partial charge in [-0.1, -0.05) is 31.4 Å². The van der Waals surface area contributed by atoms with E-state index in [4.69, 9.17) is 0 Å². The first kappa shape index (κ1) is 13.7. The van der Waals surface area contributed by atoms with Crippen molar-refractivity contribution in [1.82, 2.24) is 15.5 Å². The zero-order chi connectivity index (χ0) is 14.5. The van der Waals surface area contributed by atoms with Crippen molar-refractivity contribution in [3.05, 3.63) is 36.5 Å². The van der Waals surface area contributed by atoms with Gasteiger partial charge in [-0.15, -0.1) is 0 Å². The number of aromatic amines is 1. The van der Waals surface area contributed by atoms with Gasteiger partial charge in [0.15, 0.2) is 0 Å². The summed E-state index contributed by atoms with van der Waals surface area (Å²) in [6.07, 6.45) is 7.58. The van der Waals surface area contributed by atoms with Crippen molar-refractivity contribution in [2.75, 3.05) is 5.32 Å². The number of amides is 2. The molecule has 1 aromatic heterocycles. The van der Waals surface area contributed by atoms with Crippen molar-refractivity contribution in [2.24, 2.45) is 0 Å². The second kappa shape index (κ2) is 6.43. The average Bonchev–Trinajstić information content (AvgIpc) is 3.02. The molecule has 5 heteroatoms. The summed E-state index contributed by atoms with van der Waals surface area (Å²) in [5, 5.41) is 12.8. The molecule has 0 saturated heterocycles. The molecule has 1 aliphatic rings. The van der Waals surface area contributed by atoms with Crippen molar-refractivity contribution in [2.45, 2.75) is 38.1 Å². The predicted octanol–water partition coefficient (Wildman–Crippen LogP) is 3.53. The third-order valence-electron chi connectivity index (χ3n) is 3.87. The van der Waals surface area contributed by atoms with Crippen LogP contribution in [0.25, 0.3) is 11.3 Å². The van der Waals surface area contributed by atoms with Crippen LogP contribution in [0.5, 0.6) is 0 Å². The van der Waals surface area contributed by atoms with Gasteiger partial charge in [-0.3, -0.25) is 5.10 Å². The highest BCUT2D eigenvalue weighted by atomic mass is 16.2. The van der Waals surface area contributed by atoms with E-state index in [0.717, 1.165) is 29.8 Å². The second-order valence-corrected chi connectivity index (χ2v) is 5.48. The van der Waals surface area contributed by atoms with E-state index >= 15 is 0 Å². The largest absolute Gasteiger partial charge is 0.335 e. The van der Waals surface area contributed by atoms with Crippen molar-refractivity contribution >= 4 is 11.7 Å². The summed E-state index contributed by atoms with van der Waals surface area (Å²) in [4.78, 5) is 12.0. The number of carbonyl (C=O) groups excluding carboxylic acids is 1. The van der Waals surface area contributed by atoms with Gasteiger partial charge in [0.2, 0.25) is 0 Å². The van der Waals surface area contributed by atoms with Gasteiger partial charge in [0.1, 0.15) is 0 Å². The number of rotatable bonds is 3. The molecule has 1 aromatic carbocycles. The number of benzene rings is 1. The minimum atomic E-state index is -0.122. The number of nitrogens with one attached hydrogen (secondary N) is 3. The molecule has 0 unspecified atom stereocenters. The molecule has 3 rings (SSSR count). The number of hydrogen-bond acceptors (Lipinski definition) is 2. The number of hydrogen-bond donors (Lipinski definition) is 3. The van der Waals surface area contributed by atoms with Crippen LogP contribution < -0.4 is 10.6 Å². The molecule has 2 aromatic rings. The normalized spacial score (nSPS) is 15.6. The van der Waals surface area contributed by atoms with E-state index in [2.05, 4.69) is 20.8 Å². The zero-order valence-electron chi connectivity index (χ0n) is 11.9. The van der Waals surface area contributed by atoms with Gasteiger partial charge in [-0.05, 0) is 31.0 Å². The van der Waals surface area contributed by atoms with E-state index < -0.39 is 0 Å². The number of carbonyl (C=O) groups is 1. The Morgan fingerprint density at radius 1 is 1.19 bits per heavy atom. The van der Waals surface area contributed by atoms with E-state index in [1.807, 2.05) is 30.3 Å². The molecule has 0 aliphatic heterocycles. The molecule has 0 spiro atoms. The number of anilines is 1. The molecule has 2 amide bonds. The Morgan fingerprint density at radius 3 is 2.81 bits per heavy atom. The van der Waals surface area contributed by atoms with Crippen LogP contribution in [0.15, 0.2) is 36.5 Å². The minimum absolute atomic E-state index is 0.122. The first-order valence-electron chi connectivity index (χ1n) is 7.48. The Labute approximate surface area is 124 Å². The summed E-state index contributed by atoms with van der Waals surface area (Å²) < 4.78 is 0. The van der Waals surface area contributed by atoms with E-state index in [-0.39, 0.29) is 6.03 Å². The number of aromatic nitrogens is 2. The van der Waals surface area contributed by atoms with Crippen LogP contribution in [-0.4, -0.2) is 22.3 Å². The molecule has 3 N–H and O–H groups in total. The first-order valence-corrected chi connectivity index (χ1v) is 7.48. The summed E-state index contributed by atoms with van der Waals surface area (Å²) in [6.45, 7) is 0. The fourth-order valence-electron chi connectivity index (χ4n) is 2.78. The van der Waals surface area contributed by atoms with Crippen molar-refractivity contribution in [3.63, 3.8) is 0 Å². The zero-order valence-corrected chi connectivity index (χ0v) is 11.9. The van der Waals surface area contributed by atoms with Gasteiger partial charge < -0.3 is 10.6 Å². The fourth-order valence-corrected chi connectivity index (χ4v) is 2.78. The number of urea groups is 1. The summed E-state index contributed by atoms with van der Waals surface area (Å²) >= 11 is 0. The second-order valence-electron chi connectivity index (χ2n) is 5.48. The molecule has 0 bridgehead atoms. The molecule has 21 heavy (non-hydrogen) atoms. The third-order valence-corrected chi connectivity index (χ3v) is 3.87. The van der Waals surface area contributed by atoms with E-state index in [0.29, 0.717) is 6.04 Å². The highest BCUT2D eigenvalue weighted by molar-refractivity contribution is 5.90. The fraction of sp³-hybridized carbons (Fsp3) is 0.375. The smallest absolute Gasteiger partial charge is 0.319 e. The van der Waals surface area contributed by atoms with Crippen LogP contribution in [0.3, 0.4) is 0 Å². The van der Waals surface area contributed by atoms with Crippen LogP contribution in [-0.2, 0) is 0 Å². The van der Waals surface area contributed by atoms with Gasteiger partial charge in [-0.25, -0.2) is 4.79 Å². The molecule has 1 fully saturated rings. The van der Waals surface area contributed by atoms with Crippen LogP contribution in [0, 0.1) is 0 Å². The highest BCUT2D eigenvalue weighted by Gasteiger charge is 2.15. The van der Waals surface area contributed by atoms with Crippen LogP contribution in [0.4, 0.5) is 10.5 Å². The molecule has 1 aliphatic carbocycles. The monoisotopic (exact) mass is 284 g/mol. The molecule has 5 nitrogen and oxygen atoms in total. The van der Waals surface area contributed by atoms with Gasteiger partial charge in [0, 0.05) is 23.5 Å². The Bertz CT molecular complexity index is 588. The Balaban J connectivity index is 1.62. The minimum Gasteiger partial charge on any atom is -0.335 e. The maximum Gasteiger partial charge on any atom is 0.319 e. The maximum absolute atomic E-state index is 12.0. The van der Waals surface area contributed by atoms with Gasteiger partial charge in [-0.2, -0.15) is 5.10 Å². The van der Waals surface area contributed by atoms with Crippen LogP contribution >= 0.6 is 0 Å². The summed E-state index contributed by atoms with van der Waals surface area (Å²) in [6, 6.07) is 9.83. The topological polar surface area (TPSA) is 69.8 Å². The quantitative estimate of drug-likeness (QED) is 0.807. The van der Waals surface area contributed by atoms with Crippen LogP contribution in [0.2, 0.25) is 0 Å². The summed E-state index contributed by atoms with van der Waals surface area (Å²) in [5.74, 6) is 0. The molecular formula is C16H20N4O. The molecule has 110 valence electrons. The highest BCUT2D eigenvalue weighted by Crippen LogP contribution is 2.21. The lowest BCUT2D eigenvalue weighted by Crippen LogP contribution is -2.39. The van der Waals surface area contributed by atoms with E-state index in [1.54, 1.807) is 6.20 Å².